The van der Waals surface area contributed by atoms with E-state index in [0.29, 0.717) is 5.39 Å². The minimum absolute atomic E-state index is 0. The molecule has 5 heteroatoms. The monoisotopic (exact) mass is 227 g/mol. The zero-order chi connectivity index (χ0) is 10.1. The Kier molecular flexibility index (Phi) is 3.21. The highest BCUT2D eigenvalue weighted by Crippen LogP contribution is 2.19. The molecule has 0 aliphatic carbocycles. The van der Waals surface area contributed by atoms with Crippen LogP contribution in [-0.2, 0) is 0 Å². The number of hydrogen-bond acceptors (Lipinski definition) is 2. The topological polar surface area (TPSA) is 50.2 Å². The van der Waals surface area contributed by atoms with Crippen LogP contribution in [0.4, 0.5) is 4.39 Å². The van der Waals surface area contributed by atoms with E-state index < -0.39 is 11.8 Å². The zero-order valence-corrected chi connectivity index (χ0v) is 8.29. The van der Waals surface area contributed by atoms with E-state index in [1.165, 1.54) is 18.3 Å². The van der Waals surface area contributed by atoms with Gasteiger partial charge in [0.1, 0.15) is 11.3 Å². The molecule has 0 saturated carbocycles. The number of carbonyl (C=O) groups is 1. The van der Waals surface area contributed by atoms with Crippen LogP contribution in [0.15, 0.2) is 30.5 Å². The van der Waals surface area contributed by atoms with Crippen LogP contribution in [0.25, 0.3) is 10.9 Å². The third-order valence-corrected chi connectivity index (χ3v) is 1.95. The van der Waals surface area contributed by atoms with E-state index in [1.54, 1.807) is 6.07 Å². The number of pyridine rings is 1. The Bertz CT molecular complexity index is 516. The van der Waals surface area contributed by atoms with Gasteiger partial charge in [-0.1, -0.05) is 6.07 Å². The van der Waals surface area contributed by atoms with Crippen molar-refractivity contribution in [1.29, 1.82) is 0 Å². The van der Waals surface area contributed by atoms with Crippen LogP contribution in [0.3, 0.4) is 0 Å². The highest BCUT2D eigenvalue weighted by atomic mass is 35.5. The van der Waals surface area contributed by atoms with E-state index >= 15 is 0 Å². The number of aromatic carboxylic acids is 1. The van der Waals surface area contributed by atoms with Crippen LogP contribution in [0.1, 0.15) is 10.4 Å². The van der Waals surface area contributed by atoms with Crippen molar-refractivity contribution in [2.45, 2.75) is 0 Å². The first-order valence-corrected chi connectivity index (χ1v) is 3.96. The smallest absolute Gasteiger partial charge is 0.336 e. The van der Waals surface area contributed by atoms with E-state index in [2.05, 4.69) is 4.98 Å². The molecule has 0 unspecified atom stereocenters. The Balaban J connectivity index is 0.00000112. The van der Waals surface area contributed by atoms with Crippen LogP contribution in [0.5, 0.6) is 0 Å². The summed E-state index contributed by atoms with van der Waals surface area (Å²) in [6.45, 7) is 0. The Hall–Kier alpha value is -1.68. The van der Waals surface area contributed by atoms with Gasteiger partial charge in [0.15, 0.2) is 0 Å². The van der Waals surface area contributed by atoms with Crippen LogP contribution >= 0.6 is 12.4 Å². The number of hydrogen-bond donors (Lipinski definition) is 1. The lowest BCUT2D eigenvalue weighted by Gasteiger charge is -2.01. The molecule has 0 aliphatic heterocycles. The second-order valence-electron chi connectivity index (χ2n) is 2.80. The van der Waals surface area contributed by atoms with E-state index in [0.717, 1.165) is 6.07 Å². The van der Waals surface area contributed by atoms with Gasteiger partial charge in [0.05, 0.1) is 5.56 Å². The molecule has 0 fully saturated rings. The number of fused-ring (bicyclic) bond motifs is 1. The Morgan fingerprint density at radius 2 is 2.07 bits per heavy atom. The molecular formula is C10H7ClFNO2. The highest BCUT2D eigenvalue weighted by Gasteiger charge is 2.11. The third kappa shape index (κ3) is 1.89. The summed E-state index contributed by atoms with van der Waals surface area (Å²) in [5.41, 5.74) is 0.155. The molecule has 1 aromatic carbocycles. The lowest BCUT2D eigenvalue weighted by Crippen LogP contribution is -1.99. The summed E-state index contributed by atoms with van der Waals surface area (Å²) in [6.07, 6.45) is 1.43. The lowest BCUT2D eigenvalue weighted by atomic mass is 10.1. The number of benzene rings is 1. The number of rotatable bonds is 1. The third-order valence-electron chi connectivity index (χ3n) is 1.95. The summed E-state index contributed by atoms with van der Waals surface area (Å²) in [6, 6.07) is 5.46. The van der Waals surface area contributed by atoms with Crippen molar-refractivity contribution in [3.05, 3.63) is 41.8 Å². The van der Waals surface area contributed by atoms with Crippen LogP contribution in [0, 0.1) is 5.82 Å². The largest absolute Gasteiger partial charge is 0.478 e. The molecule has 15 heavy (non-hydrogen) atoms. The molecule has 1 aromatic heterocycles. The predicted octanol–water partition coefficient (Wildman–Crippen LogP) is 2.49. The van der Waals surface area contributed by atoms with Crippen LogP contribution < -0.4 is 0 Å². The lowest BCUT2D eigenvalue weighted by molar-refractivity contribution is 0.0699. The number of carboxylic acids is 1. The maximum absolute atomic E-state index is 13.2. The fourth-order valence-corrected chi connectivity index (χ4v) is 1.32. The molecule has 0 aliphatic rings. The van der Waals surface area contributed by atoms with Gasteiger partial charge in [-0.3, -0.25) is 4.98 Å². The minimum atomic E-state index is -1.08. The Labute approximate surface area is 91.0 Å². The molecule has 2 rings (SSSR count). The summed E-state index contributed by atoms with van der Waals surface area (Å²) in [5.74, 6) is -1.59. The summed E-state index contributed by atoms with van der Waals surface area (Å²) in [5, 5.41) is 9.14. The van der Waals surface area contributed by atoms with Gasteiger partial charge in [-0.2, -0.15) is 0 Å². The maximum Gasteiger partial charge on any atom is 0.336 e. The molecule has 1 N–H and O–H groups in total. The van der Waals surface area contributed by atoms with E-state index in [-0.39, 0.29) is 23.5 Å². The van der Waals surface area contributed by atoms with Crippen molar-refractivity contribution >= 4 is 29.3 Å². The number of carboxylic acid groups (broad SMARTS) is 1. The van der Waals surface area contributed by atoms with Gasteiger partial charge in [-0.15, -0.1) is 12.4 Å². The van der Waals surface area contributed by atoms with Crippen molar-refractivity contribution in [2.24, 2.45) is 0 Å². The fourth-order valence-electron chi connectivity index (χ4n) is 1.32. The number of aromatic nitrogens is 1. The molecule has 0 atom stereocenters. The van der Waals surface area contributed by atoms with Crippen molar-refractivity contribution in [3.63, 3.8) is 0 Å². The van der Waals surface area contributed by atoms with Crippen molar-refractivity contribution in [3.8, 4) is 0 Å². The fraction of sp³-hybridized carbons (Fsp3) is 0. The second kappa shape index (κ2) is 4.23. The van der Waals surface area contributed by atoms with Gasteiger partial charge in [0.2, 0.25) is 0 Å². The molecule has 78 valence electrons. The van der Waals surface area contributed by atoms with Crippen LogP contribution in [-0.4, -0.2) is 16.1 Å². The molecule has 3 nitrogen and oxygen atoms in total. The number of nitrogens with zero attached hydrogens (tertiary/aromatic N) is 1. The molecule has 0 spiro atoms. The summed E-state index contributed by atoms with van der Waals surface area (Å²) in [4.78, 5) is 14.6. The highest BCUT2D eigenvalue weighted by molar-refractivity contribution is 6.02. The van der Waals surface area contributed by atoms with Gasteiger partial charge < -0.3 is 5.11 Å². The van der Waals surface area contributed by atoms with Gasteiger partial charge in [0.25, 0.3) is 0 Å². The van der Waals surface area contributed by atoms with Crippen LogP contribution in [0.2, 0.25) is 0 Å². The Morgan fingerprint density at radius 3 is 2.73 bits per heavy atom. The molecule has 0 amide bonds. The van der Waals surface area contributed by atoms with E-state index in [9.17, 15) is 9.18 Å². The van der Waals surface area contributed by atoms with E-state index in [4.69, 9.17) is 5.11 Å². The SMILES string of the molecule is Cl.O=C(O)c1ccc(F)c2ncccc12. The van der Waals surface area contributed by atoms with Crippen molar-refractivity contribution in [1.82, 2.24) is 4.98 Å². The quantitative estimate of drug-likeness (QED) is 0.814. The average molecular weight is 228 g/mol. The van der Waals surface area contributed by atoms with Gasteiger partial charge >= 0.3 is 5.97 Å². The first kappa shape index (κ1) is 11.4. The van der Waals surface area contributed by atoms with Gasteiger partial charge in [-0.05, 0) is 18.2 Å². The molecule has 1 heterocycles. The molecule has 2 aromatic rings. The number of halogens is 2. The predicted molar refractivity (Wildman–Crippen MR) is 55.9 cm³/mol. The molecule has 0 radical (unpaired) electrons. The van der Waals surface area contributed by atoms with Crippen molar-refractivity contribution < 1.29 is 14.3 Å². The summed E-state index contributed by atoms with van der Waals surface area (Å²) < 4.78 is 13.2. The maximum atomic E-state index is 13.2. The van der Waals surface area contributed by atoms with Gasteiger partial charge in [0, 0.05) is 11.6 Å². The second-order valence-corrected chi connectivity index (χ2v) is 2.80. The first-order chi connectivity index (χ1) is 6.70. The van der Waals surface area contributed by atoms with E-state index in [1.807, 2.05) is 0 Å². The Morgan fingerprint density at radius 1 is 1.33 bits per heavy atom. The summed E-state index contributed by atoms with van der Waals surface area (Å²) in [7, 11) is 0. The normalized spacial score (nSPS) is 9.67. The van der Waals surface area contributed by atoms with Crippen molar-refractivity contribution in [2.75, 3.05) is 0 Å². The van der Waals surface area contributed by atoms with Gasteiger partial charge in [-0.25, -0.2) is 9.18 Å². The first-order valence-electron chi connectivity index (χ1n) is 3.96. The summed E-state index contributed by atoms with van der Waals surface area (Å²) >= 11 is 0. The zero-order valence-electron chi connectivity index (χ0n) is 7.48. The molecule has 0 bridgehead atoms. The average Bonchev–Trinajstić information content (AvgIpc) is 2.18. The molecule has 0 saturated heterocycles. The standard InChI is InChI=1S/C10H6FNO2.ClH/c11-8-4-3-7(10(13)14)6-2-1-5-12-9(6)8;/h1-5H,(H,13,14);1H. The molecular weight excluding hydrogens is 221 g/mol. The minimum Gasteiger partial charge on any atom is -0.478 e.